The summed E-state index contributed by atoms with van der Waals surface area (Å²) in [5, 5.41) is 0.203. The predicted octanol–water partition coefficient (Wildman–Crippen LogP) is 1.40. The number of nitrogens with one attached hydrogen (secondary N) is 1. The molecule has 2 unspecified atom stereocenters. The van der Waals surface area contributed by atoms with Gasteiger partial charge in [0.15, 0.2) is 0 Å². The molecule has 3 N–H and O–H groups in total. The highest BCUT2D eigenvalue weighted by atomic mass is 35.5. The molecule has 1 aliphatic heterocycles. The highest BCUT2D eigenvalue weighted by molar-refractivity contribution is 6.32. The van der Waals surface area contributed by atoms with E-state index in [-0.39, 0.29) is 23.6 Å². The van der Waals surface area contributed by atoms with Gasteiger partial charge in [0.2, 0.25) is 0 Å². The first kappa shape index (κ1) is 14.0. The fourth-order valence-corrected chi connectivity index (χ4v) is 2.11. The summed E-state index contributed by atoms with van der Waals surface area (Å²) in [5.41, 5.74) is 2.05. The van der Waals surface area contributed by atoms with Crippen LogP contribution < -0.4 is 16.0 Å². The summed E-state index contributed by atoms with van der Waals surface area (Å²) in [6.45, 7) is 0.250. The lowest BCUT2D eigenvalue weighted by Gasteiger charge is -2.14. The van der Waals surface area contributed by atoms with Crippen molar-refractivity contribution in [2.45, 2.75) is 25.0 Å². The van der Waals surface area contributed by atoms with Gasteiger partial charge in [-0.05, 0) is 31.0 Å². The highest BCUT2D eigenvalue weighted by Gasteiger charge is 2.30. The number of rotatable bonds is 4. The van der Waals surface area contributed by atoms with Gasteiger partial charge in [-0.25, -0.2) is 10.2 Å². The first-order valence-electron chi connectivity index (χ1n) is 5.84. The molecule has 0 saturated carbocycles. The summed E-state index contributed by atoms with van der Waals surface area (Å²) < 4.78 is 23.8. The quantitative estimate of drug-likeness (QED) is 0.499. The standard InChI is InChI=1S/C12H14ClFN2O3/c13-9-5-7(14)1-3-10(9)18-6-8-2-4-11(19-8)12(17)16-15/h1,3,5,8,11H,2,4,6,15H2,(H,16,17). The SMILES string of the molecule is NNC(=O)C1CCC(COc2ccc(F)cc2Cl)O1. The second kappa shape index (κ2) is 6.18. The minimum Gasteiger partial charge on any atom is -0.489 e. The number of nitrogens with two attached hydrogens (primary N) is 1. The van der Waals surface area contributed by atoms with Crippen molar-refractivity contribution < 1.29 is 18.7 Å². The van der Waals surface area contributed by atoms with Crippen LogP contribution in [0.1, 0.15) is 12.8 Å². The van der Waals surface area contributed by atoms with E-state index in [1.165, 1.54) is 18.2 Å². The van der Waals surface area contributed by atoms with Gasteiger partial charge in [0.1, 0.15) is 24.3 Å². The van der Waals surface area contributed by atoms with Crippen LogP contribution in [0.15, 0.2) is 18.2 Å². The molecule has 2 rings (SSSR count). The molecule has 1 saturated heterocycles. The molecule has 0 spiro atoms. The molecular formula is C12H14ClFN2O3. The van der Waals surface area contributed by atoms with Crippen LogP contribution in [0, 0.1) is 5.82 Å². The van der Waals surface area contributed by atoms with Gasteiger partial charge in [0, 0.05) is 0 Å². The number of hydrazine groups is 1. The van der Waals surface area contributed by atoms with E-state index in [4.69, 9.17) is 26.9 Å². The van der Waals surface area contributed by atoms with Crippen LogP contribution in [-0.2, 0) is 9.53 Å². The average molecular weight is 289 g/mol. The number of carbonyl (C=O) groups excluding carboxylic acids is 1. The van der Waals surface area contributed by atoms with Crippen LogP contribution in [0.3, 0.4) is 0 Å². The molecule has 0 radical (unpaired) electrons. The monoisotopic (exact) mass is 288 g/mol. The van der Waals surface area contributed by atoms with Gasteiger partial charge in [-0.15, -0.1) is 0 Å². The Morgan fingerprint density at radius 1 is 1.58 bits per heavy atom. The first-order valence-corrected chi connectivity index (χ1v) is 6.21. The number of carbonyl (C=O) groups is 1. The molecule has 1 heterocycles. The Labute approximate surface area is 114 Å². The maximum absolute atomic E-state index is 12.8. The number of hydrogen-bond donors (Lipinski definition) is 2. The molecule has 5 nitrogen and oxygen atoms in total. The molecule has 0 aliphatic carbocycles. The number of hydrogen-bond acceptors (Lipinski definition) is 4. The molecule has 0 bridgehead atoms. The maximum Gasteiger partial charge on any atom is 0.263 e. The largest absolute Gasteiger partial charge is 0.489 e. The zero-order valence-electron chi connectivity index (χ0n) is 10.1. The van der Waals surface area contributed by atoms with Gasteiger partial charge in [-0.2, -0.15) is 0 Å². The van der Waals surface area contributed by atoms with Crippen LogP contribution in [0.4, 0.5) is 4.39 Å². The second-order valence-electron chi connectivity index (χ2n) is 4.22. The van der Waals surface area contributed by atoms with Crippen molar-refractivity contribution in [3.05, 3.63) is 29.0 Å². The van der Waals surface area contributed by atoms with E-state index >= 15 is 0 Å². The zero-order chi connectivity index (χ0) is 13.8. The third-order valence-corrected chi connectivity index (χ3v) is 3.16. The van der Waals surface area contributed by atoms with Crippen molar-refractivity contribution >= 4 is 17.5 Å². The van der Waals surface area contributed by atoms with Crippen molar-refractivity contribution in [3.63, 3.8) is 0 Å². The van der Waals surface area contributed by atoms with Crippen LogP contribution in [0.2, 0.25) is 5.02 Å². The Morgan fingerprint density at radius 2 is 2.37 bits per heavy atom. The maximum atomic E-state index is 12.8. The lowest BCUT2D eigenvalue weighted by atomic mass is 10.2. The minimum absolute atomic E-state index is 0.203. The van der Waals surface area contributed by atoms with E-state index in [2.05, 4.69) is 0 Å². The van der Waals surface area contributed by atoms with Crippen molar-refractivity contribution in [1.82, 2.24) is 5.43 Å². The lowest BCUT2D eigenvalue weighted by molar-refractivity contribution is -0.132. The second-order valence-corrected chi connectivity index (χ2v) is 4.63. The number of ether oxygens (including phenoxy) is 2. The van der Waals surface area contributed by atoms with Gasteiger partial charge in [-0.1, -0.05) is 11.6 Å². The van der Waals surface area contributed by atoms with Gasteiger partial charge in [-0.3, -0.25) is 10.2 Å². The summed E-state index contributed by atoms with van der Waals surface area (Å²) in [5.74, 6) is 4.65. The van der Waals surface area contributed by atoms with Crippen molar-refractivity contribution in [3.8, 4) is 5.75 Å². The minimum atomic E-state index is -0.540. The van der Waals surface area contributed by atoms with Gasteiger partial charge in [0.25, 0.3) is 5.91 Å². The van der Waals surface area contributed by atoms with Gasteiger partial charge >= 0.3 is 0 Å². The number of amides is 1. The van der Waals surface area contributed by atoms with E-state index in [9.17, 15) is 9.18 Å². The van der Waals surface area contributed by atoms with Crippen molar-refractivity contribution in [2.24, 2.45) is 5.84 Å². The van der Waals surface area contributed by atoms with E-state index in [0.717, 1.165) is 0 Å². The third kappa shape index (κ3) is 3.56. The van der Waals surface area contributed by atoms with Crippen LogP contribution in [-0.4, -0.2) is 24.7 Å². The molecular weight excluding hydrogens is 275 g/mol. The first-order chi connectivity index (χ1) is 9.10. The molecule has 104 valence electrons. The molecule has 19 heavy (non-hydrogen) atoms. The Morgan fingerprint density at radius 3 is 3.05 bits per heavy atom. The summed E-state index contributed by atoms with van der Waals surface area (Å²) in [6.07, 6.45) is 0.538. The Hall–Kier alpha value is -1.37. The smallest absolute Gasteiger partial charge is 0.263 e. The highest BCUT2D eigenvalue weighted by Crippen LogP contribution is 2.26. The normalized spacial score (nSPS) is 22.3. The molecule has 2 atom stereocenters. The van der Waals surface area contributed by atoms with E-state index in [1.54, 1.807) is 0 Å². The van der Waals surface area contributed by atoms with Crippen LogP contribution in [0.5, 0.6) is 5.75 Å². The topological polar surface area (TPSA) is 73.6 Å². The average Bonchev–Trinajstić information content (AvgIpc) is 2.85. The van der Waals surface area contributed by atoms with E-state index in [1.807, 2.05) is 5.43 Å². The molecule has 7 heteroatoms. The van der Waals surface area contributed by atoms with Crippen molar-refractivity contribution in [2.75, 3.05) is 6.61 Å². The Bertz CT molecular complexity index is 472. The van der Waals surface area contributed by atoms with Gasteiger partial charge in [0.05, 0.1) is 11.1 Å². The van der Waals surface area contributed by atoms with E-state index < -0.39 is 11.9 Å². The number of halogens is 2. The molecule has 1 aromatic carbocycles. The molecule has 0 aromatic heterocycles. The lowest BCUT2D eigenvalue weighted by Crippen LogP contribution is -2.39. The molecule has 1 amide bonds. The molecule has 1 fully saturated rings. The van der Waals surface area contributed by atoms with E-state index in [0.29, 0.717) is 18.6 Å². The third-order valence-electron chi connectivity index (χ3n) is 2.86. The predicted molar refractivity (Wildman–Crippen MR) is 67.1 cm³/mol. The summed E-state index contributed by atoms with van der Waals surface area (Å²) in [6, 6.07) is 3.90. The molecule has 1 aromatic rings. The summed E-state index contributed by atoms with van der Waals surface area (Å²) >= 11 is 5.83. The summed E-state index contributed by atoms with van der Waals surface area (Å²) in [4.78, 5) is 11.3. The Kier molecular flexibility index (Phi) is 4.57. The summed E-state index contributed by atoms with van der Waals surface area (Å²) in [7, 11) is 0. The Balaban J connectivity index is 1.85. The fraction of sp³-hybridized carbons (Fsp3) is 0.417. The fourth-order valence-electron chi connectivity index (χ4n) is 1.89. The van der Waals surface area contributed by atoms with Gasteiger partial charge < -0.3 is 9.47 Å². The van der Waals surface area contributed by atoms with Crippen LogP contribution >= 0.6 is 11.6 Å². The van der Waals surface area contributed by atoms with Crippen LogP contribution in [0.25, 0.3) is 0 Å². The number of benzene rings is 1. The van der Waals surface area contributed by atoms with Crippen molar-refractivity contribution in [1.29, 1.82) is 0 Å². The zero-order valence-corrected chi connectivity index (χ0v) is 10.8. The molecule has 1 aliphatic rings.